The lowest BCUT2D eigenvalue weighted by Crippen LogP contribution is -2.35. The van der Waals surface area contributed by atoms with Crippen LogP contribution in [-0.2, 0) is 33.8 Å². The molecule has 216 valence electrons. The van der Waals surface area contributed by atoms with Crippen molar-refractivity contribution in [2.24, 2.45) is 0 Å². The van der Waals surface area contributed by atoms with Gasteiger partial charge in [0.15, 0.2) is 11.8 Å². The van der Waals surface area contributed by atoms with Crippen molar-refractivity contribution in [3.63, 3.8) is 0 Å². The van der Waals surface area contributed by atoms with E-state index in [1.165, 1.54) is 6.07 Å². The summed E-state index contributed by atoms with van der Waals surface area (Å²) in [5, 5.41) is 10.6. The highest BCUT2D eigenvalue weighted by Gasteiger charge is 2.49. The van der Waals surface area contributed by atoms with Gasteiger partial charge in [0.2, 0.25) is 0 Å². The zero-order valence-corrected chi connectivity index (χ0v) is 26.2. The lowest BCUT2D eigenvalue weighted by Gasteiger charge is -2.19. The van der Waals surface area contributed by atoms with Gasteiger partial charge in [-0.05, 0) is 60.6 Å². The van der Waals surface area contributed by atoms with Crippen molar-refractivity contribution in [2.45, 2.75) is 82.0 Å². The summed E-state index contributed by atoms with van der Waals surface area (Å²) in [6.45, 7) is 8.26. The molecule has 3 aliphatic rings. The summed E-state index contributed by atoms with van der Waals surface area (Å²) in [5.41, 5.74) is 3.66. The first-order chi connectivity index (χ1) is 19.1. The minimum Gasteiger partial charge on any atom is -0.456 e. The predicted octanol–water partition coefficient (Wildman–Crippen LogP) is 5.48. The standard InChI is InChI=1S/C28H34BrClFN3O5Si/c1-40(2,3)7-6-36-14-34-27-21(33-28(34)39-23-13-38-25-22(35)12-37-26(23)25)11-18(30)20(32-27)9-16-5-4-15-8-17(29)10-19(31)24(15)16/h8,10-11,16,22-23,25-26,35H,4-7,9,12-14H2,1-3H3/t16-,22-,23-,25-,26-/m1/s1. The Labute approximate surface area is 247 Å². The Bertz CT molecular complexity index is 1420. The van der Waals surface area contributed by atoms with E-state index in [0.717, 1.165) is 34.5 Å². The number of hydrogen-bond donors (Lipinski definition) is 1. The van der Waals surface area contributed by atoms with Crippen molar-refractivity contribution in [1.82, 2.24) is 14.5 Å². The van der Waals surface area contributed by atoms with E-state index in [9.17, 15) is 9.50 Å². The summed E-state index contributed by atoms with van der Waals surface area (Å²) in [7, 11) is -1.28. The number of nitrogens with zero attached hydrogens (tertiary/aromatic N) is 3. The van der Waals surface area contributed by atoms with E-state index in [1.54, 1.807) is 6.07 Å². The first kappa shape index (κ1) is 28.5. The third-order valence-electron chi connectivity index (χ3n) is 7.96. The van der Waals surface area contributed by atoms with Gasteiger partial charge >= 0.3 is 6.01 Å². The number of aromatic nitrogens is 3. The molecule has 0 spiro atoms. The molecule has 2 aromatic heterocycles. The molecule has 2 fully saturated rings. The molecule has 5 atom stereocenters. The molecule has 6 rings (SSSR count). The van der Waals surface area contributed by atoms with E-state index < -0.39 is 26.4 Å². The van der Waals surface area contributed by atoms with Crippen molar-refractivity contribution in [1.29, 1.82) is 0 Å². The molecule has 40 heavy (non-hydrogen) atoms. The van der Waals surface area contributed by atoms with Gasteiger partial charge in [0, 0.05) is 19.2 Å². The van der Waals surface area contributed by atoms with Crippen molar-refractivity contribution >= 4 is 46.8 Å². The number of ether oxygens (including phenoxy) is 4. The van der Waals surface area contributed by atoms with Crippen LogP contribution in [0.15, 0.2) is 22.7 Å². The number of benzene rings is 1. The maximum Gasteiger partial charge on any atom is 0.301 e. The van der Waals surface area contributed by atoms with Gasteiger partial charge in [-0.1, -0.05) is 47.2 Å². The fraction of sp³-hybridized carbons (Fsp3) is 0.571. The number of halogens is 3. The van der Waals surface area contributed by atoms with Crippen LogP contribution in [0.5, 0.6) is 6.01 Å². The second kappa shape index (κ2) is 11.2. The molecule has 0 radical (unpaired) electrons. The molecule has 0 saturated carbocycles. The minimum absolute atomic E-state index is 0.0100. The maximum atomic E-state index is 14.9. The van der Waals surface area contributed by atoms with Crippen molar-refractivity contribution in [3.8, 4) is 6.01 Å². The second-order valence-corrected chi connectivity index (χ2v) is 19.1. The molecule has 0 amide bonds. The van der Waals surface area contributed by atoms with E-state index >= 15 is 0 Å². The minimum atomic E-state index is -1.28. The summed E-state index contributed by atoms with van der Waals surface area (Å²) >= 11 is 10.1. The smallest absolute Gasteiger partial charge is 0.301 e. The molecule has 1 aromatic carbocycles. The molecular weight excluding hydrogens is 621 g/mol. The topological polar surface area (TPSA) is 87.9 Å². The Hall–Kier alpha value is -1.60. The van der Waals surface area contributed by atoms with Crippen LogP contribution in [0, 0.1) is 5.82 Å². The second-order valence-electron chi connectivity index (χ2n) is 12.1. The highest BCUT2D eigenvalue weighted by atomic mass is 79.9. The van der Waals surface area contributed by atoms with Gasteiger partial charge in [0.25, 0.3) is 0 Å². The van der Waals surface area contributed by atoms with Gasteiger partial charge in [-0.2, -0.15) is 4.98 Å². The lowest BCUT2D eigenvalue weighted by molar-refractivity contribution is 0.00336. The molecule has 12 heteroatoms. The van der Waals surface area contributed by atoms with Crippen LogP contribution < -0.4 is 4.74 Å². The number of fused-ring (bicyclic) bond motifs is 3. The van der Waals surface area contributed by atoms with Gasteiger partial charge < -0.3 is 24.1 Å². The number of pyridine rings is 1. The number of aryl methyl sites for hydroxylation is 1. The Balaban J connectivity index is 1.30. The number of rotatable bonds is 9. The van der Waals surface area contributed by atoms with Crippen LogP contribution in [0.1, 0.15) is 29.2 Å². The van der Waals surface area contributed by atoms with Crippen LogP contribution in [-0.4, -0.2) is 72.0 Å². The zero-order chi connectivity index (χ0) is 28.2. The molecule has 0 bridgehead atoms. The van der Waals surface area contributed by atoms with Crippen molar-refractivity contribution in [2.75, 3.05) is 19.8 Å². The average Bonchev–Trinajstić information content (AvgIpc) is 3.63. The number of aliphatic hydroxyl groups excluding tert-OH is 1. The van der Waals surface area contributed by atoms with Crippen molar-refractivity contribution < 1.29 is 28.4 Å². The molecule has 3 aromatic rings. The molecule has 0 unspecified atom stereocenters. The number of hydrogen-bond acceptors (Lipinski definition) is 7. The van der Waals surface area contributed by atoms with Crippen LogP contribution >= 0.6 is 27.5 Å². The Morgan fingerprint density at radius 3 is 2.77 bits per heavy atom. The summed E-state index contributed by atoms with van der Waals surface area (Å²) in [6, 6.07) is 6.68. The van der Waals surface area contributed by atoms with Gasteiger partial charge in [0.1, 0.15) is 36.4 Å². The molecule has 8 nitrogen and oxygen atoms in total. The van der Waals surface area contributed by atoms with E-state index in [2.05, 4.69) is 35.6 Å². The first-order valence-electron chi connectivity index (χ1n) is 13.8. The van der Waals surface area contributed by atoms with Gasteiger partial charge in [-0.3, -0.25) is 4.57 Å². The summed E-state index contributed by atoms with van der Waals surface area (Å²) in [5.74, 6) is -0.207. The number of imidazole rings is 1. The third kappa shape index (κ3) is 5.71. The van der Waals surface area contributed by atoms with Crippen molar-refractivity contribution in [3.05, 3.63) is 50.3 Å². The van der Waals surface area contributed by atoms with Gasteiger partial charge in [0.05, 0.1) is 23.9 Å². The summed E-state index contributed by atoms with van der Waals surface area (Å²) < 4.78 is 41.4. The van der Waals surface area contributed by atoms with Gasteiger partial charge in [-0.25, -0.2) is 9.37 Å². The van der Waals surface area contributed by atoms with E-state index in [0.29, 0.717) is 40.9 Å². The fourth-order valence-corrected chi connectivity index (χ4v) is 7.28. The third-order valence-corrected chi connectivity index (χ3v) is 10.4. The highest BCUT2D eigenvalue weighted by molar-refractivity contribution is 9.10. The van der Waals surface area contributed by atoms with Crippen LogP contribution in [0.2, 0.25) is 30.7 Å². The molecule has 1 N–H and O–H groups in total. The Morgan fingerprint density at radius 2 is 1.98 bits per heavy atom. The molecule has 2 aliphatic heterocycles. The maximum absolute atomic E-state index is 14.9. The molecule has 1 aliphatic carbocycles. The summed E-state index contributed by atoms with van der Waals surface area (Å²) in [4.78, 5) is 9.66. The van der Waals surface area contributed by atoms with Gasteiger partial charge in [-0.15, -0.1) is 0 Å². The normalized spacial score (nSPS) is 26.0. The van der Waals surface area contributed by atoms with E-state index in [4.69, 9.17) is 40.5 Å². The monoisotopic (exact) mass is 653 g/mol. The Morgan fingerprint density at radius 1 is 1.18 bits per heavy atom. The SMILES string of the molecule is C[Si](C)(C)CCOCn1c(O[C@@H]2CO[C@H]3[C@@H]2OC[C@H]3O)nc2cc(Cl)c(C[C@H]3CCc4cc(Br)cc(F)c43)nc21. The average molecular weight is 655 g/mol. The predicted molar refractivity (Wildman–Crippen MR) is 155 cm³/mol. The quantitative estimate of drug-likeness (QED) is 0.242. The summed E-state index contributed by atoms with van der Waals surface area (Å²) in [6.07, 6.45) is 0.293. The van der Waals surface area contributed by atoms with Crippen LogP contribution in [0.3, 0.4) is 0 Å². The fourth-order valence-electron chi connectivity index (χ4n) is 5.82. The van der Waals surface area contributed by atoms with E-state index in [-0.39, 0.29) is 37.8 Å². The Kier molecular flexibility index (Phi) is 8.01. The van der Waals surface area contributed by atoms with Crippen LogP contribution in [0.25, 0.3) is 11.2 Å². The van der Waals surface area contributed by atoms with Crippen LogP contribution in [0.4, 0.5) is 4.39 Å². The van der Waals surface area contributed by atoms with E-state index in [1.807, 2.05) is 10.6 Å². The first-order valence-corrected chi connectivity index (χ1v) is 18.6. The zero-order valence-electron chi connectivity index (χ0n) is 22.8. The number of aliphatic hydroxyl groups is 1. The highest BCUT2D eigenvalue weighted by Crippen LogP contribution is 2.40. The molecule has 4 heterocycles. The lowest BCUT2D eigenvalue weighted by atomic mass is 9.95. The molecule has 2 saturated heterocycles. The largest absolute Gasteiger partial charge is 0.456 e. The molecular formula is C28H34BrClFN3O5Si.